The first-order valence-corrected chi connectivity index (χ1v) is 10.2. The Morgan fingerprint density at radius 3 is 2.14 bits per heavy atom. The van der Waals surface area contributed by atoms with Gasteiger partial charge in [0.05, 0.1) is 11.1 Å². The van der Waals surface area contributed by atoms with Crippen LogP contribution in [0.25, 0.3) is 0 Å². The van der Waals surface area contributed by atoms with Gasteiger partial charge in [-0.3, -0.25) is 19.5 Å². The minimum absolute atomic E-state index is 0. The lowest BCUT2D eigenvalue weighted by molar-refractivity contribution is 0.0652. The molecule has 2 amide bonds. The van der Waals surface area contributed by atoms with Crippen LogP contribution in [-0.2, 0) is 4.74 Å². The maximum absolute atomic E-state index is 12.3. The van der Waals surface area contributed by atoms with Crippen LogP contribution in [0.15, 0.2) is 29.3 Å². The highest BCUT2D eigenvalue weighted by Gasteiger charge is 2.34. The fraction of sp³-hybridized carbons (Fsp3) is 0.571. The van der Waals surface area contributed by atoms with Crippen molar-refractivity contribution < 1.29 is 14.3 Å². The molecule has 0 atom stereocenters. The second-order valence-corrected chi connectivity index (χ2v) is 6.76. The van der Waals surface area contributed by atoms with Gasteiger partial charge in [0.15, 0.2) is 5.96 Å². The summed E-state index contributed by atoms with van der Waals surface area (Å²) in [6.07, 6.45) is 4.79. The Kier molecular flexibility index (Phi) is 12.5. The predicted octanol–water partition coefficient (Wildman–Crippen LogP) is 3.05. The highest BCUT2D eigenvalue weighted by molar-refractivity contribution is 14.0. The Morgan fingerprint density at radius 1 is 0.966 bits per heavy atom. The maximum Gasteiger partial charge on any atom is 0.261 e. The first kappa shape index (κ1) is 25.4. The molecule has 0 saturated carbocycles. The van der Waals surface area contributed by atoms with Crippen molar-refractivity contribution in [3.05, 3.63) is 35.4 Å². The number of rotatable bonds is 12. The number of imide groups is 1. The predicted molar refractivity (Wildman–Crippen MR) is 126 cm³/mol. The maximum atomic E-state index is 12.3. The summed E-state index contributed by atoms with van der Waals surface area (Å²) < 4.78 is 5.53. The van der Waals surface area contributed by atoms with Gasteiger partial charge in [0.25, 0.3) is 11.8 Å². The van der Waals surface area contributed by atoms with Crippen LogP contribution in [0.1, 0.15) is 59.7 Å². The van der Waals surface area contributed by atoms with E-state index in [1.807, 2.05) is 0 Å². The van der Waals surface area contributed by atoms with Gasteiger partial charge in [-0.15, -0.1) is 24.0 Å². The van der Waals surface area contributed by atoms with E-state index in [1.54, 1.807) is 31.3 Å². The zero-order valence-corrected chi connectivity index (χ0v) is 19.7. The van der Waals surface area contributed by atoms with Crippen molar-refractivity contribution in [1.82, 2.24) is 15.5 Å². The molecule has 1 aliphatic heterocycles. The van der Waals surface area contributed by atoms with Crippen molar-refractivity contribution in [2.75, 3.05) is 39.9 Å². The Hall–Kier alpha value is -1.68. The van der Waals surface area contributed by atoms with Crippen LogP contribution < -0.4 is 10.6 Å². The number of fused-ring (bicyclic) bond motifs is 1. The number of ether oxygens (including phenoxy) is 1. The van der Waals surface area contributed by atoms with Crippen LogP contribution in [-0.4, -0.2) is 62.6 Å². The van der Waals surface area contributed by atoms with Crippen molar-refractivity contribution in [3.8, 4) is 0 Å². The number of nitrogens with zero attached hydrogens (tertiary/aromatic N) is 2. The fourth-order valence-electron chi connectivity index (χ4n) is 2.99. The molecule has 0 saturated heterocycles. The molecule has 0 aliphatic carbocycles. The molecule has 0 unspecified atom stereocenters. The lowest BCUT2D eigenvalue weighted by Crippen LogP contribution is -2.38. The summed E-state index contributed by atoms with van der Waals surface area (Å²) in [7, 11) is 1.74. The fourth-order valence-corrected chi connectivity index (χ4v) is 2.99. The SMILES string of the molecule is CCCCOCCCNC(=NC)NCCCCN1C(=O)c2ccccc2C1=O.I. The molecule has 7 nitrogen and oxygen atoms in total. The molecule has 0 fully saturated rings. The topological polar surface area (TPSA) is 83.0 Å². The van der Waals surface area contributed by atoms with Crippen molar-refractivity contribution in [2.24, 2.45) is 4.99 Å². The molecule has 1 aromatic carbocycles. The molecule has 29 heavy (non-hydrogen) atoms. The molecule has 0 radical (unpaired) electrons. The largest absolute Gasteiger partial charge is 0.381 e. The molecular formula is C21H33IN4O3. The zero-order chi connectivity index (χ0) is 20.2. The molecule has 2 rings (SSSR count). The minimum atomic E-state index is -0.188. The van der Waals surface area contributed by atoms with Crippen molar-refractivity contribution >= 4 is 41.8 Å². The number of nitrogens with one attached hydrogen (secondary N) is 2. The quantitative estimate of drug-likeness (QED) is 0.147. The lowest BCUT2D eigenvalue weighted by atomic mass is 10.1. The van der Waals surface area contributed by atoms with Crippen LogP contribution in [0.2, 0.25) is 0 Å². The number of amides is 2. The van der Waals surface area contributed by atoms with E-state index in [0.29, 0.717) is 17.7 Å². The van der Waals surface area contributed by atoms with Gasteiger partial charge in [0.2, 0.25) is 0 Å². The van der Waals surface area contributed by atoms with Gasteiger partial charge < -0.3 is 15.4 Å². The molecule has 8 heteroatoms. The van der Waals surface area contributed by atoms with E-state index in [9.17, 15) is 9.59 Å². The van der Waals surface area contributed by atoms with Gasteiger partial charge in [0, 0.05) is 39.9 Å². The second kappa shape index (κ2) is 14.3. The average Bonchev–Trinajstić information content (AvgIpc) is 2.96. The number of hydrogen-bond acceptors (Lipinski definition) is 4. The van der Waals surface area contributed by atoms with E-state index in [1.165, 1.54) is 4.90 Å². The number of carbonyl (C=O) groups is 2. The van der Waals surface area contributed by atoms with E-state index >= 15 is 0 Å². The summed E-state index contributed by atoms with van der Waals surface area (Å²) >= 11 is 0. The van der Waals surface area contributed by atoms with Gasteiger partial charge in [-0.05, 0) is 37.8 Å². The van der Waals surface area contributed by atoms with Gasteiger partial charge in [-0.25, -0.2) is 0 Å². The van der Waals surface area contributed by atoms with Gasteiger partial charge in [-0.1, -0.05) is 25.5 Å². The Bertz CT molecular complexity index is 647. The minimum Gasteiger partial charge on any atom is -0.381 e. The summed E-state index contributed by atoms with van der Waals surface area (Å²) in [6.45, 7) is 5.72. The van der Waals surface area contributed by atoms with Crippen molar-refractivity contribution in [3.63, 3.8) is 0 Å². The van der Waals surface area contributed by atoms with Crippen molar-refractivity contribution in [2.45, 2.75) is 39.0 Å². The molecule has 1 heterocycles. The second-order valence-electron chi connectivity index (χ2n) is 6.76. The number of aliphatic imine (C=N–C) groups is 1. The van der Waals surface area contributed by atoms with Crippen LogP contribution in [0.3, 0.4) is 0 Å². The number of halogens is 1. The third-order valence-electron chi connectivity index (χ3n) is 4.60. The first-order valence-electron chi connectivity index (χ1n) is 10.2. The van der Waals surface area contributed by atoms with E-state index < -0.39 is 0 Å². The third-order valence-corrected chi connectivity index (χ3v) is 4.60. The molecule has 0 bridgehead atoms. The standard InChI is InChI=1S/C21H32N4O3.HI/c1-3-4-15-28-16-9-13-24-21(22-2)23-12-7-8-14-25-19(26)17-10-5-6-11-18(17)20(25)27;/h5-6,10-11H,3-4,7-9,12-16H2,1-2H3,(H2,22,23,24);1H. The van der Waals surface area contributed by atoms with E-state index in [2.05, 4.69) is 22.5 Å². The van der Waals surface area contributed by atoms with Gasteiger partial charge in [-0.2, -0.15) is 0 Å². The third kappa shape index (κ3) is 7.93. The first-order chi connectivity index (χ1) is 13.7. The smallest absolute Gasteiger partial charge is 0.261 e. The molecular weight excluding hydrogens is 483 g/mol. The molecule has 2 N–H and O–H groups in total. The number of hydrogen-bond donors (Lipinski definition) is 2. The van der Waals surface area contributed by atoms with Crippen LogP contribution in [0.4, 0.5) is 0 Å². The lowest BCUT2D eigenvalue weighted by Gasteiger charge is -2.15. The van der Waals surface area contributed by atoms with Crippen molar-refractivity contribution in [1.29, 1.82) is 0 Å². The Balaban J connectivity index is 0.00000420. The van der Waals surface area contributed by atoms with E-state index in [4.69, 9.17) is 4.74 Å². The molecule has 1 aromatic rings. The van der Waals surface area contributed by atoms with Crippen LogP contribution >= 0.6 is 24.0 Å². The van der Waals surface area contributed by atoms with Crippen LogP contribution in [0, 0.1) is 0 Å². The van der Waals surface area contributed by atoms with Crippen LogP contribution in [0.5, 0.6) is 0 Å². The van der Waals surface area contributed by atoms with Gasteiger partial charge >= 0.3 is 0 Å². The Morgan fingerprint density at radius 2 is 1.55 bits per heavy atom. The van der Waals surface area contributed by atoms with E-state index in [0.717, 1.165) is 64.4 Å². The highest BCUT2D eigenvalue weighted by atomic mass is 127. The molecule has 1 aliphatic rings. The summed E-state index contributed by atoms with van der Waals surface area (Å²) in [5.41, 5.74) is 1.02. The molecule has 0 spiro atoms. The number of benzene rings is 1. The monoisotopic (exact) mass is 516 g/mol. The highest BCUT2D eigenvalue weighted by Crippen LogP contribution is 2.22. The Labute approximate surface area is 190 Å². The molecule has 162 valence electrons. The summed E-state index contributed by atoms with van der Waals surface area (Å²) in [4.78, 5) is 30.2. The summed E-state index contributed by atoms with van der Waals surface area (Å²) in [6, 6.07) is 6.99. The summed E-state index contributed by atoms with van der Waals surface area (Å²) in [5, 5.41) is 6.51. The van der Waals surface area contributed by atoms with Gasteiger partial charge in [0.1, 0.15) is 0 Å². The molecule has 0 aromatic heterocycles. The normalized spacial score (nSPS) is 13.3. The number of unbranched alkanes of at least 4 members (excludes halogenated alkanes) is 2. The number of guanidine groups is 1. The summed E-state index contributed by atoms with van der Waals surface area (Å²) in [5.74, 6) is 0.383. The number of carbonyl (C=O) groups excluding carboxylic acids is 2. The van der Waals surface area contributed by atoms with E-state index in [-0.39, 0.29) is 35.8 Å². The zero-order valence-electron chi connectivity index (χ0n) is 17.4. The average molecular weight is 516 g/mol.